The lowest BCUT2D eigenvalue weighted by molar-refractivity contribution is -0.225. The second-order valence-electron chi connectivity index (χ2n) is 6.55. The minimum Gasteiger partial charge on any atom is -0.377 e. The maximum Gasteiger partial charge on any atom is 0.241 e. The molecule has 4 N–H and O–H groups in total. The van der Waals surface area contributed by atoms with Crippen LogP contribution >= 0.6 is 0 Å². The predicted molar refractivity (Wildman–Crippen MR) is 79.0 cm³/mol. The van der Waals surface area contributed by atoms with Crippen molar-refractivity contribution in [2.24, 2.45) is 17.1 Å². The maximum absolute atomic E-state index is 12.5. The van der Waals surface area contributed by atoms with Gasteiger partial charge in [0.15, 0.2) is 0 Å². The van der Waals surface area contributed by atoms with Crippen molar-refractivity contribution in [3.63, 3.8) is 0 Å². The number of hydrogen-bond donors (Lipinski definition) is 3. The number of sulfonamides is 1. The van der Waals surface area contributed by atoms with Crippen molar-refractivity contribution in [3.05, 3.63) is 0 Å². The first-order valence-electron chi connectivity index (χ1n) is 7.24. The fourth-order valence-electron chi connectivity index (χ4n) is 3.60. The van der Waals surface area contributed by atoms with Crippen LogP contribution in [0.3, 0.4) is 0 Å². The average Bonchev–Trinajstić information content (AvgIpc) is 2.41. The van der Waals surface area contributed by atoms with Gasteiger partial charge >= 0.3 is 0 Å². The topological polar surface area (TPSA) is 111 Å². The van der Waals surface area contributed by atoms with Gasteiger partial charge in [0.05, 0.1) is 12.4 Å². The van der Waals surface area contributed by atoms with Gasteiger partial charge in [-0.2, -0.15) is 0 Å². The monoisotopic (exact) mass is 319 g/mol. The molecule has 0 aromatic heterocycles. The first kappa shape index (κ1) is 16.7. The van der Waals surface area contributed by atoms with Crippen LogP contribution in [0.5, 0.6) is 0 Å². The lowest BCUT2D eigenvalue weighted by Gasteiger charge is -2.65. The van der Waals surface area contributed by atoms with Gasteiger partial charge in [-0.3, -0.25) is 4.79 Å². The molecule has 0 aromatic carbocycles. The molecule has 1 saturated carbocycles. The minimum absolute atomic E-state index is 0.0242. The number of fused-ring (bicyclic) bond motifs is 1. The fourth-order valence-corrected chi connectivity index (χ4v) is 4.07. The molecule has 1 saturated heterocycles. The maximum atomic E-state index is 12.5. The van der Waals surface area contributed by atoms with E-state index in [-0.39, 0.29) is 31.0 Å². The smallest absolute Gasteiger partial charge is 0.241 e. The van der Waals surface area contributed by atoms with Gasteiger partial charge in [0.1, 0.15) is 5.54 Å². The highest BCUT2D eigenvalue weighted by atomic mass is 32.2. The molecule has 0 spiro atoms. The van der Waals surface area contributed by atoms with Crippen molar-refractivity contribution in [2.75, 3.05) is 26.0 Å². The zero-order chi connectivity index (χ0) is 15.9. The van der Waals surface area contributed by atoms with E-state index in [1.807, 2.05) is 13.8 Å². The van der Waals surface area contributed by atoms with Crippen molar-refractivity contribution >= 4 is 15.9 Å². The molecule has 1 aliphatic heterocycles. The highest BCUT2D eigenvalue weighted by Crippen LogP contribution is 2.57. The molecule has 1 heterocycles. The lowest BCUT2D eigenvalue weighted by atomic mass is 9.46. The first-order valence-corrected chi connectivity index (χ1v) is 9.13. The van der Waals surface area contributed by atoms with Crippen LogP contribution in [0.2, 0.25) is 0 Å². The molecule has 21 heavy (non-hydrogen) atoms. The molecule has 3 atom stereocenters. The van der Waals surface area contributed by atoms with Crippen LogP contribution in [0.1, 0.15) is 26.7 Å². The van der Waals surface area contributed by atoms with Gasteiger partial charge in [-0.1, -0.05) is 13.8 Å². The quantitative estimate of drug-likeness (QED) is 0.574. The average molecular weight is 319 g/mol. The van der Waals surface area contributed by atoms with Crippen LogP contribution in [-0.2, 0) is 19.6 Å². The van der Waals surface area contributed by atoms with Gasteiger partial charge in [-0.05, 0) is 12.8 Å². The molecular formula is C13H25N3O4S. The number of nitrogens with one attached hydrogen (secondary N) is 2. The molecule has 2 rings (SSSR count). The molecule has 8 heteroatoms. The van der Waals surface area contributed by atoms with E-state index in [1.165, 1.54) is 0 Å². The molecule has 122 valence electrons. The van der Waals surface area contributed by atoms with Crippen LogP contribution in [0.25, 0.3) is 0 Å². The summed E-state index contributed by atoms with van der Waals surface area (Å²) in [5, 5.41) is 2.74. The van der Waals surface area contributed by atoms with Crippen LogP contribution in [0, 0.1) is 11.3 Å². The third kappa shape index (κ3) is 2.81. The van der Waals surface area contributed by atoms with Gasteiger partial charge in [0, 0.05) is 31.0 Å². The Hall–Kier alpha value is -0.700. The number of ether oxygens (including phenoxy) is 1. The molecule has 0 bridgehead atoms. The number of carbonyl (C=O) groups is 1. The minimum atomic E-state index is -3.24. The first-order chi connectivity index (χ1) is 9.61. The van der Waals surface area contributed by atoms with Crippen LogP contribution in [-0.4, -0.2) is 51.9 Å². The Bertz CT molecular complexity index is 520. The third-order valence-corrected chi connectivity index (χ3v) is 5.56. The normalized spacial score (nSPS) is 34.7. The standard InChI is InChI=1S/C13H25N3O4S/c1-12(2)10-9(5-4-8-20-10)13(12,14)11(17)15-6-7-16-21(3,18)19/h9-10,16H,4-8,14H2,1-3H3,(H,15,17). The summed E-state index contributed by atoms with van der Waals surface area (Å²) in [6, 6.07) is 0. The Morgan fingerprint density at radius 1 is 1.38 bits per heavy atom. The molecule has 1 aliphatic carbocycles. The summed E-state index contributed by atoms with van der Waals surface area (Å²) < 4.78 is 30.0. The summed E-state index contributed by atoms with van der Waals surface area (Å²) in [6.07, 6.45) is 2.91. The van der Waals surface area contributed by atoms with Crippen molar-refractivity contribution in [1.82, 2.24) is 10.0 Å². The highest BCUT2D eigenvalue weighted by molar-refractivity contribution is 7.88. The Kier molecular flexibility index (Phi) is 4.36. The largest absolute Gasteiger partial charge is 0.377 e. The van der Waals surface area contributed by atoms with Crippen molar-refractivity contribution < 1.29 is 17.9 Å². The third-order valence-electron chi connectivity index (χ3n) is 4.84. The van der Waals surface area contributed by atoms with E-state index in [9.17, 15) is 13.2 Å². The van der Waals surface area contributed by atoms with Crippen molar-refractivity contribution in [3.8, 4) is 0 Å². The molecule has 2 fully saturated rings. The van der Waals surface area contributed by atoms with E-state index < -0.39 is 21.0 Å². The van der Waals surface area contributed by atoms with Crippen LogP contribution in [0.4, 0.5) is 0 Å². The van der Waals surface area contributed by atoms with Gasteiger partial charge < -0.3 is 15.8 Å². The van der Waals surface area contributed by atoms with Gasteiger partial charge in [0.2, 0.25) is 15.9 Å². The summed E-state index contributed by atoms with van der Waals surface area (Å²) in [4.78, 5) is 12.5. The van der Waals surface area contributed by atoms with Gasteiger partial charge in [-0.25, -0.2) is 13.1 Å². The van der Waals surface area contributed by atoms with E-state index in [1.54, 1.807) is 0 Å². The molecule has 3 unspecified atom stereocenters. The molecule has 0 radical (unpaired) electrons. The molecule has 1 amide bonds. The summed E-state index contributed by atoms with van der Waals surface area (Å²) in [5.74, 6) is -0.196. The molecule has 2 aliphatic rings. The van der Waals surface area contributed by atoms with E-state index in [0.29, 0.717) is 0 Å². The number of amides is 1. The van der Waals surface area contributed by atoms with E-state index >= 15 is 0 Å². The van der Waals surface area contributed by atoms with Gasteiger partial charge in [-0.15, -0.1) is 0 Å². The number of rotatable bonds is 5. The Balaban J connectivity index is 1.94. The highest BCUT2D eigenvalue weighted by Gasteiger charge is 2.70. The summed E-state index contributed by atoms with van der Waals surface area (Å²) in [5.41, 5.74) is 5.04. The van der Waals surface area contributed by atoms with Crippen molar-refractivity contribution in [1.29, 1.82) is 0 Å². The summed E-state index contributed by atoms with van der Waals surface area (Å²) >= 11 is 0. The fraction of sp³-hybridized carbons (Fsp3) is 0.923. The number of hydrogen-bond acceptors (Lipinski definition) is 5. The zero-order valence-electron chi connectivity index (χ0n) is 12.8. The number of nitrogens with two attached hydrogens (primary N) is 1. The molecule has 7 nitrogen and oxygen atoms in total. The SMILES string of the molecule is CC1(C)C2OCCCC2C1(N)C(=O)NCCNS(C)(=O)=O. The second-order valence-corrected chi connectivity index (χ2v) is 8.39. The predicted octanol–water partition coefficient (Wildman–Crippen LogP) is -0.816. The number of carbonyl (C=O) groups excluding carboxylic acids is 1. The van der Waals surface area contributed by atoms with Crippen LogP contribution < -0.4 is 15.8 Å². The lowest BCUT2D eigenvalue weighted by Crippen LogP contribution is -2.82. The van der Waals surface area contributed by atoms with Crippen molar-refractivity contribution in [2.45, 2.75) is 38.3 Å². The zero-order valence-corrected chi connectivity index (χ0v) is 13.6. The van der Waals surface area contributed by atoms with E-state index in [0.717, 1.165) is 25.7 Å². The van der Waals surface area contributed by atoms with E-state index in [4.69, 9.17) is 10.5 Å². The molecular weight excluding hydrogens is 294 g/mol. The van der Waals surface area contributed by atoms with E-state index in [2.05, 4.69) is 10.0 Å². The summed E-state index contributed by atoms with van der Waals surface area (Å²) in [6.45, 7) is 5.01. The molecule has 0 aromatic rings. The second kappa shape index (κ2) is 5.49. The Morgan fingerprint density at radius 2 is 2.05 bits per heavy atom. The van der Waals surface area contributed by atoms with Gasteiger partial charge in [0.25, 0.3) is 0 Å². The summed E-state index contributed by atoms with van der Waals surface area (Å²) in [7, 11) is -3.24. The Labute approximate surface area is 126 Å². The van der Waals surface area contributed by atoms with Crippen LogP contribution in [0.15, 0.2) is 0 Å². The Morgan fingerprint density at radius 3 is 2.67 bits per heavy atom.